The van der Waals surface area contributed by atoms with Crippen LogP contribution in [0.15, 0.2) is 24.3 Å². The molecule has 1 aromatic rings. The number of aliphatic hydroxyl groups excluding tert-OH is 1. The van der Waals surface area contributed by atoms with E-state index in [0.717, 1.165) is 25.4 Å². The Hall–Kier alpha value is -0.520. The van der Waals surface area contributed by atoms with Gasteiger partial charge in [0.1, 0.15) is 5.75 Å². The Balaban J connectivity index is 0. The molecule has 0 saturated carbocycles. The summed E-state index contributed by atoms with van der Waals surface area (Å²) in [4.78, 5) is 0. The topological polar surface area (TPSA) is 53.5 Å². The molecule has 0 atom stereocenters. The third-order valence-corrected chi connectivity index (χ3v) is 2.31. The van der Waals surface area contributed by atoms with Crippen LogP contribution in [-0.4, -0.2) is 38.0 Å². The van der Waals surface area contributed by atoms with Crippen LogP contribution in [0.1, 0.15) is 12.5 Å². The molecular formula is C13H24Cl2N2O2. The van der Waals surface area contributed by atoms with Crippen molar-refractivity contribution in [3.63, 3.8) is 0 Å². The Morgan fingerprint density at radius 3 is 2.53 bits per heavy atom. The minimum absolute atomic E-state index is 0. The van der Waals surface area contributed by atoms with Gasteiger partial charge in [0, 0.05) is 26.2 Å². The van der Waals surface area contributed by atoms with Crippen molar-refractivity contribution >= 4 is 24.8 Å². The van der Waals surface area contributed by atoms with E-state index in [9.17, 15) is 0 Å². The maximum atomic E-state index is 8.59. The normalized spacial score (nSPS) is 9.37. The van der Waals surface area contributed by atoms with Crippen molar-refractivity contribution in [3.8, 4) is 5.75 Å². The Morgan fingerprint density at radius 1 is 1.11 bits per heavy atom. The second-order valence-electron chi connectivity index (χ2n) is 3.73. The molecular weight excluding hydrogens is 287 g/mol. The molecule has 0 unspecified atom stereocenters. The van der Waals surface area contributed by atoms with E-state index < -0.39 is 0 Å². The van der Waals surface area contributed by atoms with E-state index in [1.54, 1.807) is 0 Å². The van der Waals surface area contributed by atoms with E-state index in [-0.39, 0.29) is 31.4 Å². The fourth-order valence-electron chi connectivity index (χ4n) is 1.53. The summed E-state index contributed by atoms with van der Waals surface area (Å²) in [6.45, 7) is 6.11. The largest absolute Gasteiger partial charge is 0.494 e. The molecule has 0 heterocycles. The standard InChI is InChI=1S/C13H22N2O2.2ClH/c1-2-17-13-5-3-4-12(10-13)11-15-7-6-14-8-9-16;;/h3-5,10,14-16H,2,6-9,11H2,1H3;2*1H. The number of halogens is 2. The highest BCUT2D eigenvalue weighted by Gasteiger charge is 1.96. The molecule has 0 aromatic heterocycles. The molecule has 19 heavy (non-hydrogen) atoms. The van der Waals surface area contributed by atoms with E-state index in [1.165, 1.54) is 5.56 Å². The van der Waals surface area contributed by atoms with Crippen molar-refractivity contribution in [2.24, 2.45) is 0 Å². The zero-order chi connectivity index (χ0) is 12.3. The average molecular weight is 311 g/mol. The highest BCUT2D eigenvalue weighted by Crippen LogP contribution is 2.12. The molecule has 0 saturated heterocycles. The van der Waals surface area contributed by atoms with Gasteiger partial charge in [-0.15, -0.1) is 24.8 Å². The average Bonchev–Trinajstić information content (AvgIpc) is 2.35. The molecule has 0 fully saturated rings. The lowest BCUT2D eigenvalue weighted by atomic mass is 10.2. The van der Waals surface area contributed by atoms with Crippen molar-refractivity contribution < 1.29 is 9.84 Å². The van der Waals surface area contributed by atoms with E-state index in [0.29, 0.717) is 13.2 Å². The smallest absolute Gasteiger partial charge is 0.119 e. The van der Waals surface area contributed by atoms with E-state index >= 15 is 0 Å². The summed E-state index contributed by atoms with van der Waals surface area (Å²) in [6, 6.07) is 8.11. The Labute approximate surface area is 127 Å². The van der Waals surface area contributed by atoms with Crippen molar-refractivity contribution in [1.29, 1.82) is 0 Å². The molecule has 6 heteroatoms. The second kappa shape index (κ2) is 13.9. The fraction of sp³-hybridized carbons (Fsp3) is 0.538. The van der Waals surface area contributed by atoms with E-state index in [2.05, 4.69) is 22.8 Å². The maximum absolute atomic E-state index is 8.59. The second-order valence-corrected chi connectivity index (χ2v) is 3.73. The number of aliphatic hydroxyl groups is 1. The van der Waals surface area contributed by atoms with Gasteiger partial charge in [0.2, 0.25) is 0 Å². The van der Waals surface area contributed by atoms with Gasteiger partial charge < -0.3 is 20.5 Å². The molecule has 0 radical (unpaired) electrons. The third-order valence-electron chi connectivity index (χ3n) is 2.31. The van der Waals surface area contributed by atoms with Crippen molar-refractivity contribution in [2.75, 3.05) is 32.8 Å². The van der Waals surface area contributed by atoms with Gasteiger partial charge >= 0.3 is 0 Å². The lowest BCUT2D eigenvalue weighted by Gasteiger charge is -2.08. The van der Waals surface area contributed by atoms with Gasteiger partial charge in [0.15, 0.2) is 0 Å². The zero-order valence-electron chi connectivity index (χ0n) is 11.2. The number of rotatable bonds is 9. The summed E-state index contributed by atoms with van der Waals surface area (Å²) in [5.41, 5.74) is 1.22. The minimum Gasteiger partial charge on any atom is -0.494 e. The number of nitrogens with one attached hydrogen (secondary N) is 2. The quantitative estimate of drug-likeness (QED) is 0.607. The Kier molecular flexibility index (Phi) is 15.2. The van der Waals surface area contributed by atoms with Crippen LogP contribution in [0.5, 0.6) is 5.75 Å². The summed E-state index contributed by atoms with van der Waals surface area (Å²) >= 11 is 0. The van der Waals surface area contributed by atoms with Gasteiger partial charge in [-0.2, -0.15) is 0 Å². The lowest BCUT2D eigenvalue weighted by molar-refractivity contribution is 0.292. The molecule has 1 rings (SSSR count). The molecule has 0 bridgehead atoms. The number of benzene rings is 1. The van der Waals surface area contributed by atoms with Crippen LogP contribution in [0.2, 0.25) is 0 Å². The zero-order valence-corrected chi connectivity index (χ0v) is 12.9. The molecule has 0 aliphatic heterocycles. The SMILES string of the molecule is CCOc1cccc(CNCCNCCO)c1.Cl.Cl. The number of hydrogen-bond acceptors (Lipinski definition) is 4. The van der Waals surface area contributed by atoms with Crippen LogP contribution in [-0.2, 0) is 6.54 Å². The molecule has 112 valence electrons. The van der Waals surface area contributed by atoms with Crippen LogP contribution in [0.25, 0.3) is 0 Å². The summed E-state index contributed by atoms with van der Waals surface area (Å²) in [5.74, 6) is 0.921. The van der Waals surface area contributed by atoms with Gasteiger partial charge in [0.25, 0.3) is 0 Å². The summed E-state index contributed by atoms with van der Waals surface area (Å²) in [5, 5.41) is 15.0. The Morgan fingerprint density at radius 2 is 1.84 bits per heavy atom. The van der Waals surface area contributed by atoms with Gasteiger partial charge in [-0.1, -0.05) is 12.1 Å². The first-order chi connectivity index (χ1) is 8.36. The van der Waals surface area contributed by atoms with Gasteiger partial charge in [0.05, 0.1) is 13.2 Å². The molecule has 0 amide bonds. The van der Waals surface area contributed by atoms with Crippen molar-refractivity contribution in [2.45, 2.75) is 13.5 Å². The monoisotopic (exact) mass is 310 g/mol. The lowest BCUT2D eigenvalue weighted by Crippen LogP contribution is -2.28. The summed E-state index contributed by atoms with van der Waals surface area (Å²) < 4.78 is 5.44. The van der Waals surface area contributed by atoms with Gasteiger partial charge in [-0.05, 0) is 24.6 Å². The van der Waals surface area contributed by atoms with Crippen LogP contribution >= 0.6 is 24.8 Å². The molecule has 3 N–H and O–H groups in total. The molecule has 0 aliphatic rings. The first-order valence-corrected chi connectivity index (χ1v) is 6.11. The predicted octanol–water partition coefficient (Wildman–Crippen LogP) is 1.60. The van der Waals surface area contributed by atoms with Crippen LogP contribution in [0.3, 0.4) is 0 Å². The minimum atomic E-state index is 0. The molecule has 1 aromatic carbocycles. The third kappa shape index (κ3) is 9.99. The van der Waals surface area contributed by atoms with Gasteiger partial charge in [-0.25, -0.2) is 0 Å². The van der Waals surface area contributed by atoms with Gasteiger partial charge in [-0.3, -0.25) is 0 Å². The highest BCUT2D eigenvalue weighted by atomic mass is 35.5. The summed E-state index contributed by atoms with van der Waals surface area (Å²) in [6.07, 6.45) is 0. The van der Waals surface area contributed by atoms with Crippen LogP contribution < -0.4 is 15.4 Å². The first-order valence-electron chi connectivity index (χ1n) is 6.11. The Bertz CT molecular complexity index is 314. The van der Waals surface area contributed by atoms with E-state index in [4.69, 9.17) is 9.84 Å². The van der Waals surface area contributed by atoms with Crippen LogP contribution in [0, 0.1) is 0 Å². The van der Waals surface area contributed by atoms with Crippen LogP contribution in [0.4, 0.5) is 0 Å². The number of ether oxygens (including phenoxy) is 1. The highest BCUT2D eigenvalue weighted by molar-refractivity contribution is 5.85. The molecule has 0 spiro atoms. The predicted molar refractivity (Wildman–Crippen MR) is 83.8 cm³/mol. The first kappa shape index (κ1) is 20.8. The number of hydrogen-bond donors (Lipinski definition) is 3. The van der Waals surface area contributed by atoms with E-state index in [1.807, 2.05) is 19.1 Å². The van der Waals surface area contributed by atoms with Crippen molar-refractivity contribution in [1.82, 2.24) is 10.6 Å². The molecule has 4 nitrogen and oxygen atoms in total. The maximum Gasteiger partial charge on any atom is 0.119 e. The summed E-state index contributed by atoms with van der Waals surface area (Å²) in [7, 11) is 0. The van der Waals surface area contributed by atoms with Crippen molar-refractivity contribution in [3.05, 3.63) is 29.8 Å². The molecule has 0 aliphatic carbocycles. The fourth-order valence-corrected chi connectivity index (χ4v) is 1.53.